The number of aliphatic carboxylic acids is 1. The van der Waals surface area contributed by atoms with E-state index in [-0.39, 0.29) is 18.4 Å². The molecule has 0 spiro atoms. The lowest BCUT2D eigenvalue weighted by Crippen LogP contribution is -2.26. The molecule has 0 aromatic carbocycles. The Bertz CT molecular complexity index is 318. The van der Waals surface area contributed by atoms with Crippen molar-refractivity contribution in [3.63, 3.8) is 0 Å². The maximum atomic E-state index is 10.4. The zero-order valence-electron chi connectivity index (χ0n) is 6.97. The quantitative estimate of drug-likeness (QED) is 0.648. The minimum atomic E-state index is -0.794. The van der Waals surface area contributed by atoms with Gasteiger partial charge in [-0.25, -0.2) is 0 Å². The normalized spacial score (nSPS) is 29.4. The molecule has 1 heterocycles. The van der Waals surface area contributed by atoms with Gasteiger partial charge in [0.1, 0.15) is 0 Å². The number of nitrogens with zero attached hydrogens (tertiary/aromatic N) is 1. The lowest BCUT2D eigenvalue weighted by molar-refractivity contribution is -0.136. The second-order valence-corrected chi connectivity index (χ2v) is 3.18. The van der Waals surface area contributed by atoms with E-state index in [1.807, 2.05) is 18.2 Å². The average Bonchev–Trinajstić information content (AvgIpc) is 2.49. The van der Waals surface area contributed by atoms with Gasteiger partial charge in [-0.3, -0.25) is 4.79 Å². The standard InChI is InChI=1S/C9H10N2O2/c12-9(13)4-6-1-2-8-7(3-6)5-10-11-8/h1-3,5,7-8,11H,4H2,(H,12,13). The number of carbonyl (C=O) groups is 1. The Labute approximate surface area is 75.6 Å². The summed E-state index contributed by atoms with van der Waals surface area (Å²) in [6, 6.07) is 0.220. The monoisotopic (exact) mass is 178 g/mol. The van der Waals surface area contributed by atoms with Crippen LogP contribution in [0.2, 0.25) is 0 Å². The number of hydrogen-bond donors (Lipinski definition) is 2. The van der Waals surface area contributed by atoms with Crippen LogP contribution in [0.15, 0.2) is 28.9 Å². The van der Waals surface area contributed by atoms with E-state index < -0.39 is 5.97 Å². The molecule has 0 radical (unpaired) electrons. The average molecular weight is 178 g/mol. The maximum absolute atomic E-state index is 10.4. The van der Waals surface area contributed by atoms with Gasteiger partial charge < -0.3 is 10.5 Å². The number of rotatable bonds is 2. The van der Waals surface area contributed by atoms with Crippen molar-refractivity contribution in [2.24, 2.45) is 11.0 Å². The number of nitrogens with one attached hydrogen (secondary N) is 1. The fourth-order valence-electron chi connectivity index (χ4n) is 1.53. The Kier molecular flexibility index (Phi) is 1.88. The van der Waals surface area contributed by atoms with Gasteiger partial charge in [-0.05, 0) is 5.57 Å². The molecule has 0 saturated heterocycles. The second kappa shape index (κ2) is 3.05. The number of carboxylic acid groups (broad SMARTS) is 1. The van der Waals surface area contributed by atoms with Crippen LogP contribution in [0.4, 0.5) is 0 Å². The third-order valence-electron chi connectivity index (χ3n) is 2.16. The number of carboxylic acids is 1. The highest BCUT2D eigenvalue weighted by Crippen LogP contribution is 2.20. The van der Waals surface area contributed by atoms with Gasteiger partial charge in [0.2, 0.25) is 0 Å². The van der Waals surface area contributed by atoms with Crippen LogP contribution in [-0.4, -0.2) is 23.3 Å². The summed E-state index contributed by atoms with van der Waals surface area (Å²) in [6.07, 6.45) is 7.64. The van der Waals surface area contributed by atoms with Crippen LogP contribution in [0.25, 0.3) is 0 Å². The van der Waals surface area contributed by atoms with E-state index in [9.17, 15) is 4.79 Å². The molecule has 0 aromatic heterocycles. The largest absolute Gasteiger partial charge is 0.481 e. The molecule has 1 aliphatic carbocycles. The van der Waals surface area contributed by atoms with Crippen molar-refractivity contribution >= 4 is 12.2 Å². The third kappa shape index (κ3) is 1.61. The summed E-state index contributed by atoms with van der Waals surface area (Å²) in [5.74, 6) is -0.573. The van der Waals surface area contributed by atoms with Gasteiger partial charge in [-0.1, -0.05) is 18.2 Å². The Balaban J connectivity index is 2.10. The van der Waals surface area contributed by atoms with Crippen LogP contribution in [0, 0.1) is 5.92 Å². The van der Waals surface area contributed by atoms with Gasteiger partial charge in [-0.15, -0.1) is 0 Å². The first-order chi connectivity index (χ1) is 6.25. The first-order valence-electron chi connectivity index (χ1n) is 4.15. The summed E-state index contributed by atoms with van der Waals surface area (Å²) < 4.78 is 0. The van der Waals surface area contributed by atoms with Gasteiger partial charge >= 0.3 is 5.97 Å². The fraction of sp³-hybridized carbons (Fsp3) is 0.333. The number of hydrazone groups is 1. The molecule has 4 heteroatoms. The summed E-state index contributed by atoms with van der Waals surface area (Å²) in [4.78, 5) is 10.4. The molecular weight excluding hydrogens is 168 g/mol. The predicted molar refractivity (Wildman–Crippen MR) is 48.4 cm³/mol. The molecule has 2 N–H and O–H groups in total. The Morgan fingerprint density at radius 2 is 2.54 bits per heavy atom. The van der Waals surface area contributed by atoms with Crippen LogP contribution >= 0.6 is 0 Å². The Hall–Kier alpha value is -1.58. The molecule has 0 bridgehead atoms. The number of fused-ring (bicyclic) bond motifs is 1. The molecule has 13 heavy (non-hydrogen) atoms. The van der Waals surface area contributed by atoms with Crippen LogP contribution in [0.5, 0.6) is 0 Å². The number of allylic oxidation sites excluding steroid dienone is 1. The number of hydrogen-bond acceptors (Lipinski definition) is 3. The van der Waals surface area contributed by atoms with Crippen LogP contribution in [0.3, 0.4) is 0 Å². The summed E-state index contributed by atoms with van der Waals surface area (Å²) >= 11 is 0. The third-order valence-corrected chi connectivity index (χ3v) is 2.16. The lowest BCUT2D eigenvalue weighted by Gasteiger charge is -2.16. The molecule has 0 aromatic rings. The van der Waals surface area contributed by atoms with E-state index in [1.54, 1.807) is 6.21 Å². The van der Waals surface area contributed by atoms with Crippen LogP contribution < -0.4 is 5.43 Å². The van der Waals surface area contributed by atoms with Gasteiger partial charge in [0.25, 0.3) is 0 Å². The van der Waals surface area contributed by atoms with E-state index in [4.69, 9.17) is 5.11 Å². The van der Waals surface area contributed by atoms with Crippen LogP contribution in [0.1, 0.15) is 6.42 Å². The van der Waals surface area contributed by atoms with E-state index in [1.165, 1.54) is 0 Å². The molecule has 0 fully saturated rings. The van der Waals surface area contributed by atoms with Crippen molar-refractivity contribution in [3.8, 4) is 0 Å². The summed E-state index contributed by atoms with van der Waals surface area (Å²) in [5.41, 5.74) is 3.77. The Morgan fingerprint density at radius 1 is 1.69 bits per heavy atom. The van der Waals surface area contributed by atoms with Gasteiger partial charge in [0.15, 0.2) is 0 Å². The molecule has 1 aliphatic heterocycles. The highest BCUT2D eigenvalue weighted by Gasteiger charge is 2.22. The summed E-state index contributed by atoms with van der Waals surface area (Å²) in [7, 11) is 0. The maximum Gasteiger partial charge on any atom is 0.307 e. The molecule has 2 rings (SSSR count). The van der Waals surface area contributed by atoms with Crippen molar-refractivity contribution in [1.82, 2.24) is 5.43 Å². The zero-order chi connectivity index (χ0) is 9.26. The van der Waals surface area contributed by atoms with E-state index in [0.29, 0.717) is 0 Å². The minimum Gasteiger partial charge on any atom is -0.481 e. The highest BCUT2D eigenvalue weighted by molar-refractivity contribution is 5.73. The van der Waals surface area contributed by atoms with Gasteiger partial charge in [0, 0.05) is 12.1 Å². The van der Waals surface area contributed by atoms with Gasteiger partial charge in [0.05, 0.1) is 12.5 Å². The minimum absolute atomic E-state index is 0.0908. The molecule has 2 atom stereocenters. The zero-order valence-corrected chi connectivity index (χ0v) is 6.97. The van der Waals surface area contributed by atoms with Crippen LogP contribution in [-0.2, 0) is 4.79 Å². The van der Waals surface area contributed by atoms with E-state index in [2.05, 4.69) is 10.5 Å². The van der Waals surface area contributed by atoms with E-state index >= 15 is 0 Å². The summed E-state index contributed by atoms with van der Waals surface area (Å²) in [5, 5.41) is 12.5. The van der Waals surface area contributed by atoms with Crippen molar-refractivity contribution in [3.05, 3.63) is 23.8 Å². The summed E-state index contributed by atoms with van der Waals surface area (Å²) in [6.45, 7) is 0. The SMILES string of the molecule is O=C(O)CC1=CC2C=NNC2C=C1. The van der Waals surface area contributed by atoms with Crippen molar-refractivity contribution in [2.75, 3.05) is 0 Å². The van der Waals surface area contributed by atoms with Gasteiger partial charge in [-0.2, -0.15) is 5.10 Å². The fourth-order valence-corrected chi connectivity index (χ4v) is 1.53. The molecule has 0 amide bonds. The molecule has 68 valence electrons. The molecule has 0 saturated carbocycles. The lowest BCUT2D eigenvalue weighted by atomic mass is 9.92. The predicted octanol–water partition coefficient (Wildman–Crippen LogP) is 0.531. The molecule has 2 unspecified atom stereocenters. The smallest absolute Gasteiger partial charge is 0.307 e. The Morgan fingerprint density at radius 3 is 3.31 bits per heavy atom. The first-order valence-corrected chi connectivity index (χ1v) is 4.15. The molecule has 2 aliphatic rings. The van der Waals surface area contributed by atoms with Crippen molar-refractivity contribution in [2.45, 2.75) is 12.5 Å². The molecule has 4 nitrogen and oxygen atoms in total. The molecular formula is C9H10N2O2. The first kappa shape index (κ1) is 8.04. The van der Waals surface area contributed by atoms with E-state index in [0.717, 1.165) is 5.57 Å². The highest BCUT2D eigenvalue weighted by atomic mass is 16.4. The topological polar surface area (TPSA) is 61.7 Å². The van der Waals surface area contributed by atoms with Crippen molar-refractivity contribution in [1.29, 1.82) is 0 Å². The van der Waals surface area contributed by atoms with Crippen molar-refractivity contribution < 1.29 is 9.90 Å². The second-order valence-electron chi connectivity index (χ2n) is 3.18.